The quantitative estimate of drug-likeness (QED) is 0.873. The van der Waals surface area contributed by atoms with Gasteiger partial charge in [0, 0.05) is 37.0 Å². The molecule has 2 aromatic rings. The van der Waals surface area contributed by atoms with E-state index in [-0.39, 0.29) is 24.1 Å². The van der Waals surface area contributed by atoms with E-state index in [1.165, 1.54) is 6.92 Å². The van der Waals surface area contributed by atoms with Crippen molar-refractivity contribution in [3.8, 4) is 0 Å². The molecule has 3 rings (SSSR count). The van der Waals surface area contributed by atoms with E-state index in [2.05, 4.69) is 10.6 Å². The lowest BCUT2D eigenvalue weighted by molar-refractivity contribution is -0.122. The topological polar surface area (TPSA) is 78.5 Å². The fourth-order valence-electron chi connectivity index (χ4n) is 3.17. The molecule has 0 aromatic heterocycles. The minimum atomic E-state index is -0.396. The summed E-state index contributed by atoms with van der Waals surface area (Å²) in [5.41, 5.74) is 4.23. The first kappa shape index (κ1) is 18.6. The maximum atomic E-state index is 12.6. The molecule has 0 radical (unpaired) electrons. The fourth-order valence-corrected chi connectivity index (χ4v) is 3.17. The summed E-state index contributed by atoms with van der Waals surface area (Å²) in [5, 5.41) is 5.64. The van der Waals surface area contributed by atoms with Gasteiger partial charge < -0.3 is 15.5 Å². The number of hydrogen-bond donors (Lipinski definition) is 2. The molecule has 2 N–H and O–H groups in total. The molecule has 0 aliphatic carbocycles. The third-order valence-corrected chi connectivity index (χ3v) is 4.65. The molecule has 6 heteroatoms. The number of carbonyl (C=O) groups is 3. The molecule has 27 heavy (non-hydrogen) atoms. The maximum absolute atomic E-state index is 12.6. The number of carbonyl (C=O) groups excluding carboxylic acids is 3. The second kappa shape index (κ2) is 7.61. The molecule has 140 valence electrons. The van der Waals surface area contributed by atoms with Gasteiger partial charge in [-0.25, -0.2) is 0 Å². The molecule has 0 saturated carbocycles. The first-order valence-corrected chi connectivity index (χ1v) is 8.89. The standard InChI is InChI=1S/C21H23N3O3/c1-13-4-5-14(2)19(10-13)23-21(27)16-11-20(26)24(12-16)18-8-6-17(7-9-18)22-15(3)25/h4-10,16H,11-12H2,1-3H3,(H,22,25)(H,23,27). The summed E-state index contributed by atoms with van der Waals surface area (Å²) in [6, 6.07) is 12.9. The van der Waals surface area contributed by atoms with Crippen LogP contribution in [0.2, 0.25) is 0 Å². The smallest absolute Gasteiger partial charge is 0.229 e. The SMILES string of the molecule is CC(=O)Nc1ccc(N2CC(C(=O)Nc3cc(C)ccc3C)CC2=O)cc1. The Kier molecular flexibility index (Phi) is 5.26. The van der Waals surface area contributed by atoms with Crippen LogP contribution in [0.5, 0.6) is 0 Å². The van der Waals surface area contributed by atoms with Crippen LogP contribution < -0.4 is 15.5 Å². The van der Waals surface area contributed by atoms with E-state index in [1.807, 2.05) is 32.0 Å². The Morgan fingerprint density at radius 2 is 1.74 bits per heavy atom. The Morgan fingerprint density at radius 1 is 1.04 bits per heavy atom. The van der Waals surface area contributed by atoms with Crippen LogP contribution >= 0.6 is 0 Å². The zero-order valence-electron chi connectivity index (χ0n) is 15.7. The molecule has 0 spiro atoms. The molecular formula is C21H23N3O3. The normalized spacial score (nSPS) is 16.3. The van der Waals surface area contributed by atoms with Gasteiger partial charge in [0.2, 0.25) is 17.7 Å². The highest BCUT2D eigenvalue weighted by atomic mass is 16.2. The van der Waals surface area contributed by atoms with Crippen LogP contribution in [0, 0.1) is 19.8 Å². The van der Waals surface area contributed by atoms with Crippen molar-refractivity contribution in [2.45, 2.75) is 27.2 Å². The van der Waals surface area contributed by atoms with E-state index in [9.17, 15) is 14.4 Å². The summed E-state index contributed by atoms with van der Waals surface area (Å²) < 4.78 is 0. The van der Waals surface area contributed by atoms with Crippen molar-refractivity contribution in [2.24, 2.45) is 5.92 Å². The first-order chi connectivity index (χ1) is 12.8. The van der Waals surface area contributed by atoms with E-state index >= 15 is 0 Å². The zero-order chi connectivity index (χ0) is 19.6. The minimum absolute atomic E-state index is 0.0802. The number of rotatable bonds is 4. The van der Waals surface area contributed by atoms with Crippen molar-refractivity contribution >= 4 is 34.8 Å². The Balaban J connectivity index is 1.68. The monoisotopic (exact) mass is 365 g/mol. The molecule has 1 fully saturated rings. The number of anilines is 3. The number of benzene rings is 2. The van der Waals surface area contributed by atoms with Gasteiger partial charge in [-0.2, -0.15) is 0 Å². The van der Waals surface area contributed by atoms with Crippen molar-refractivity contribution in [2.75, 3.05) is 22.1 Å². The van der Waals surface area contributed by atoms with Gasteiger partial charge >= 0.3 is 0 Å². The van der Waals surface area contributed by atoms with Gasteiger partial charge in [-0.1, -0.05) is 12.1 Å². The van der Waals surface area contributed by atoms with Gasteiger partial charge in [-0.05, 0) is 55.3 Å². The average Bonchev–Trinajstić information content (AvgIpc) is 3.00. The number of nitrogens with zero attached hydrogens (tertiary/aromatic N) is 1. The van der Waals surface area contributed by atoms with E-state index in [0.29, 0.717) is 12.2 Å². The molecular weight excluding hydrogens is 342 g/mol. The van der Waals surface area contributed by atoms with E-state index in [0.717, 1.165) is 22.5 Å². The number of nitrogens with one attached hydrogen (secondary N) is 2. The van der Waals surface area contributed by atoms with Gasteiger partial charge in [0.1, 0.15) is 0 Å². The van der Waals surface area contributed by atoms with E-state index < -0.39 is 5.92 Å². The minimum Gasteiger partial charge on any atom is -0.326 e. The zero-order valence-corrected chi connectivity index (χ0v) is 15.7. The maximum Gasteiger partial charge on any atom is 0.229 e. The fraction of sp³-hybridized carbons (Fsp3) is 0.286. The molecule has 1 aliphatic heterocycles. The van der Waals surface area contributed by atoms with Crippen LogP contribution in [-0.4, -0.2) is 24.3 Å². The van der Waals surface area contributed by atoms with Crippen molar-refractivity contribution in [1.29, 1.82) is 0 Å². The molecule has 1 aliphatic rings. The molecule has 1 unspecified atom stereocenters. The Labute approximate surface area is 158 Å². The largest absolute Gasteiger partial charge is 0.326 e. The van der Waals surface area contributed by atoms with Gasteiger partial charge in [0.25, 0.3) is 0 Å². The molecule has 1 heterocycles. The number of hydrogen-bond acceptors (Lipinski definition) is 3. The summed E-state index contributed by atoms with van der Waals surface area (Å²) in [6.45, 7) is 5.70. The van der Waals surface area contributed by atoms with E-state index in [4.69, 9.17) is 0 Å². The average molecular weight is 365 g/mol. The first-order valence-electron chi connectivity index (χ1n) is 8.89. The van der Waals surface area contributed by atoms with Crippen LogP contribution in [-0.2, 0) is 14.4 Å². The molecule has 3 amide bonds. The predicted octanol–water partition coefficient (Wildman–Crippen LogP) is 3.25. The highest BCUT2D eigenvalue weighted by Crippen LogP contribution is 2.27. The van der Waals surface area contributed by atoms with E-state index in [1.54, 1.807) is 29.2 Å². The van der Waals surface area contributed by atoms with Crippen LogP contribution in [0.4, 0.5) is 17.1 Å². The third kappa shape index (κ3) is 4.34. The lowest BCUT2D eigenvalue weighted by Gasteiger charge is -2.17. The molecule has 2 aromatic carbocycles. The van der Waals surface area contributed by atoms with Gasteiger partial charge in [0.05, 0.1) is 5.92 Å². The molecule has 6 nitrogen and oxygen atoms in total. The molecule has 1 saturated heterocycles. The van der Waals surface area contributed by atoms with Gasteiger partial charge in [-0.3, -0.25) is 14.4 Å². The lowest BCUT2D eigenvalue weighted by Crippen LogP contribution is -2.28. The summed E-state index contributed by atoms with van der Waals surface area (Å²) in [4.78, 5) is 37.8. The molecule has 1 atom stereocenters. The van der Waals surface area contributed by atoms with Crippen molar-refractivity contribution in [1.82, 2.24) is 0 Å². The molecule has 0 bridgehead atoms. The summed E-state index contributed by atoms with van der Waals surface area (Å²) >= 11 is 0. The number of aryl methyl sites for hydroxylation is 2. The Bertz CT molecular complexity index is 890. The summed E-state index contributed by atoms with van der Waals surface area (Å²) in [6.07, 6.45) is 0.185. The van der Waals surface area contributed by atoms with Crippen molar-refractivity contribution < 1.29 is 14.4 Å². The van der Waals surface area contributed by atoms with Crippen LogP contribution in [0.1, 0.15) is 24.5 Å². The summed E-state index contributed by atoms with van der Waals surface area (Å²) in [5.74, 6) is -0.770. The second-order valence-corrected chi connectivity index (χ2v) is 6.94. The van der Waals surface area contributed by atoms with Gasteiger partial charge in [-0.15, -0.1) is 0 Å². The van der Waals surface area contributed by atoms with Gasteiger partial charge in [0.15, 0.2) is 0 Å². The highest BCUT2D eigenvalue weighted by Gasteiger charge is 2.35. The highest BCUT2D eigenvalue weighted by molar-refractivity contribution is 6.03. The Morgan fingerprint density at radius 3 is 2.41 bits per heavy atom. The van der Waals surface area contributed by atoms with Crippen molar-refractivity contribution in [3.63, 3.8) is 0 Å². The number of amides is 3. The summed E-state index contributed by atoms with van der Waals surface area (Å²) in [7, 11) is 0. The van der Waals surface area contributed by atoms with Crippen molar-refractivity contribution in [3.05, 3.63) is 53.6 Å². The Hall–Kier alpha value is -3.15. The van der Waals surface area contributed by atoms with Crippen LogP contribution in [0.25, 0.3) is 0 Å². The van der Waals surface area contributed by atoms with Crippen LogP contribution in [0.3, 0.4) is 0 Å². The van der Waals surface area contributed by atoms with Crippen LogP contribution in [0.15, 0.2) is 42.5 Å². The predicted molar refractivity (Wildman–Crippen MR) is 106 cm³/mol. The lowest BCUT2D eigenvalue weighted by atomic mass is 10.1. The third-order valence-electron chi connectivity index (χ3n) is 4.65. The second-order valence-electron chi connectivity index (χ2n) is 6.94.